The fourth-order valence-corrected chi connectivity index (χ4v) is 4.84. The quantitative estimate of drug-likeness (QED) is 0.351. The summed E-state index contributed by atoms with van der Waals surface area (Å²) in [6, 6.07) is 8.87. The molecule has 5 rings (SSSR count). The summed E-state index contributed by atoms with van der Waals surface area (Å²) in [5.41, 5.74) is 0.0883. The number of rotatable bonds is 4. The van der Waals surface area contributed by atoms with Crippen LogP contribution in [0.1, 0.15) is 38.2 Å². The molecule has 2 bridgehead atoms. The molecule has 2 aromatic carbocycles. The van der Waals surface area contributed by atoms with Crippen LogP contribution in [0.5, 0.6) is 5.75 Å². The molecule has 5 heteroatoms. The molecule has 0 amide bonds. The molecule has 0 saturated heterocycles. The molecule has 3 aliphatic carbocycles. The zero-order chi connectivity index (χ0) is 25.8. The SMILES string of the molecule is C=C1CCC2C=C[C@](c3ccc(-c4ccc(O)cc4)c(F)c3F)(CC2)C1=C(F)C(=C)OC.C=CC. The first-order chi connectivity index (χ1) is 16.7. The molecule has 0 radical (unpaired) electrons. The lowest BCUT2D eigenvalue weighted by Gasteiger charge is -2.42. The molecule has 184 valence electrons. The largest absolute Gasteiger partial charge is 0.508 e. The van der Waals surface area contributed by atoms with E-state index in [1.54, 1.807) is 12.2 Å². The Morgan fingerprint density at radius 3 is 2.34 bits per heavy atom. The van der Waals surface area contributed by atoms with Crippen molar-refractivity contribution >= 4 is 0 Å². The van der Waals surface area contributed by atoms with Crippen molar-refractivity contribution in [2.24, 2.45) is 5.92 Å². The number of aromatic hydroxyl groups is 1. The summed E-state index contributed by atoms with van der Waals surface area (Å²) in [6.07, 6.45) is 8.03. The van der Waals surface area contributed by atoms with Crippen LogP contribution >= 0.6 is 0 Å². The molecule has 0 spiro atoms. The molecule has 2 aromatic rings. The van der Waals surface area contributed by atoms with Gasteiger partial charge in [-0.05, 0) is 61.8 Å². The van der Waals surface area contributed by atoms with E-state index in [1.807, 2.05) is 13.0 Å². The van der Waals surface area contributed by atoms with Crippen LogP contribution in [0.15, 0.2) is 97.1 Å². The minimum Gasteiger partial charge on any atom is -0.508 e. The maximum Gasteiger partial charge on any atom is 0.169 e. The normalized spacial score (nSPS) is 22.4. The summed E-state index contributed by atoms with van der Waals surface area (Å²) < 4.78 is 51.6. The van der Waals surface area contributed by atoms with Gasteiger partial charge in [0.2, 0.25) is 0 Å². The molecule has 2 nitrogen and oxygen atoms in total. The lowest BCUT2D eigenvalue weighted by Crippen LogP contribution is -2.35. The van der Waals surface area contributed by atoms with E-state index in [-0.39, 0.29) is 28.2 Å². The highest BCUT2D eigenvalue weighted by Gasteiger charge is 2.44. The van der Waals surface area contributed by atoms with E-state index >= 15 is 13.2 Å². The fourth-order valence-electron chi connectivity index (χ4n) is 4.84. The van der Waals surface area contributed by atoms with Gasteiger partial charge in [0.15, 0.2) is 17.5 Å². The molecule has 1 N–H and O–H groups in total. The van der Waals surface area contributed by atoms with Crippen LogP contribution in [0.4, 0.5) is 13.2 Å². The standard InChI is InChI=1S/C27H25F3O2.C3H6/c1-16-4-5-18-12-14-27(15-13-18,23(16)24(28)17(2)32-3)22-11-10-21(25(29)26(22)30)19-6-8-20(31)9-7-19;1-3-2/h6-12,14,18,31H,1-2,4-5,13,15H2,3H3;3H,1H2,2H3/t18?,27-;/m1./s1. The summed E-state index contributed by atoms with van der Waals surface area (Å²) in [4.78, 5) is 0. The van der Waals surface area contributed by atoms with Gasteiger partial charge in [0.1, 0.15) is 11.5 Å². The van der Waals surface area contributed by atoms with E-state index in [0.717, 1.165) is 12.8 Å². The predicted molar refractivity (Wildman–Crippen MR) is 136 cm³/mol. The molecule has 1 unspecified atom stereocenters. The topological polar surface area (TPSA) is 29.5 Å². The number of halogens is 3. The number of hydrogen-bond acceptors (Lipinski definition) is 2. The maximum atomic E-state index is 15.7. The summed E-state index contributed by atoms with van der Waals surface area (Å²) in [5.74, 6) is -2.58. The molecule has 3 aliphatic rings. The van der Waals surface area contributed by atoms with Gasteiger partial charge in [-0.1, -0.05) is 55.7 Å². The van der Waals surface area contributed by atoms with Crippen LogP contribution in [-0.2, 0) is 10.2 Å². The van der Waals surface area contributed by atoms with E-state index in [1.165, 1.54) is 43.5 Å². The third-order valence-electron chi connectivity index (χ3n) is 6.63. The van der Waals surface area contributed by atoms with Gasteiger partial charge in [0, 0.05) is 22.1 Å². The first kappa shape index (κ1) is 26.1. The summed E-state index contributed by atoms with van der Waals surface area (Å²) in [6.45, 7) is 13.0. The smallest absolute Gasteiger partial charge is 0.169 e. The van der Waals surface area contributed by atoms with Crippen molar-refractivity contribution < 1.29 is 23.0 Å². The highest BCUT2D eigenvalue weighted by Crippen LogP contribution is 2.52. The number of allylic oxidation sites excluding steroid dienone is 6. The molecule has 0 heterocycles. The number of benzene rings is 2. The van der Waals surface area contributed by atoms with Gasteiger partial charge in [0.05, 0.1) is 7.11 Å². The van der Waals surface area contributed by atoms with E-state index < -0.39 is 22.9 Å². The van der Waals surface area contributed by atoms with Gasteiger partial charge in [-0.2, -0.15) is 0 Å². The summed E-state index contributed by atoms with van der Waals surface area (Å²) >= 11 is 0. The first-order valence-electron chi connectivity index (χ1n) is 11.6. The number of fused-ring (bicyclic) bond motifs is 4. The van der Waals surface area contributed by atoms with Crippen LogP contribution in [0.3, 0.4) is 0 Å². The third-order valence-corrected chi connectivity index (χ3v) is 6.63. The van der Waals surface area contributed by atoms with Gasteiger partial charge in [-0.3, -0.25) is 0 Å². The van der Waals surface area contributed by atoms with Gasteiger partial charge in [0.25, 0.3) is 0 Å². The molecule has 2 atom stereocenters. The number of ether oxygens (including phenoxy) is 1. The highest BCUT2D eigenvalue weighted by molar-refractivity contribution is 5.67. The molecule has 35 heavy (non-hydrogen) atoms. The summed E-state index contributed by atoms with van der Waals surface area (Å²) in [7, 11) is 1.32. The van der Waals surface area contributed by atoms with E-state index in [0.29, 0.717) is 29.9 Å². The van der Waals surface area contributed by atoms with Crippen molar-refractivity contribution in [3.05, 3.63) is 114 Å². The Kier molecular flexibility index (Phi) is 8.11. The third kappa shape index (κ3) is 5.00. The van der Waals surface area contributed by atoms with Crippen molar-refractivity contribution in [2.45, 2.75) is 38.0 Å². The molecule has 1 fully saturated rings. The molecule has 0 aliphatic heterocycles. The van der Waals surface area contributed by atoms with Crippen molar-refractivity contribution in [1.82, 2.24) is 0 Å². The Morgan fingerprint density at radius 2 is 1.77 bits per heavy atom. The van der Waals surface area contributed by atoms with Crippen molar-refractivity contribution in [2.75, 3.05) is 7.11 Å². The Labute approximate surface area is 205 Å². The fraction of sp³-hybridized carbons (Fsp3) is 0.267. The Bertz CT molecular complexity index is 1190. The Morgan fingerprint density at radius 1 is 1.11 bits per heavy atom. The van der Waals surface area contributed by atoms with Crippen LogP contribution < -0.4 is 0 Å². The number of phenols is 1. The van der Waals surface area contributed by atoms with Crippen LogP contribution in [0.25, 0.3) is 11.1 Å². The van der Waals surface area contributed by atoms with Crippen molar-refractivity contribution in [1.29, 1.82) is 0 Å². The number of phenolic OH excluding ortho intramolecular Hbond substituents is 1. The second-order valence-electron chi connectivity index (χ2n) is 8.83. The Balaban J connectivity index is 0.00000108. The van der Waals surface area contributed by atoms with Crippen molar-refractivity contribution in [3.8, 4) is 16.9 Å². The highest BCUT2D eigenvalue weighted by atomic mass is 19.2. The molecule has 0 aromatic heterocycles. The first-order valence-corrected chi connectivity index (χ1v) is 11.6. The molecule has 1 saturated carbocycles. The lowest BCUT2D eigenvalue weighted by molar-refractivity contribution is 0.280. The molecular formula is C30H31F3O2. The van der Waals surface area contributed by atoms with Gasteiger partial charge in [-0.15, -0.1) is 6.58 Å². The minimum absolute atomic E-state index is 0.0312. The number of hydrogen-bond donors (Lipinski definition) is 1. The van der Waals surface area contributed by atoms with Crippen LogP contribution in [-0.4, -0.2) is 12.2 Å². The van der Waals surface area contributed by atoms with Crippen LogP contribution in [0.2, 0.25) is 0 Å². The monoisotopic (exact) mass is 480 g/mol. The lowest BCUT2D eigenvalue weighted by atomic mass is 9.61. The van der Waals surface area contributed by atoms with Crippen molar-refractivity contribution in [3.63, 3.8) is 0 Å². The minimum atomic E-state index is -1.21. The van der Waals surface area contributed by atoms with E-state index in [9.17, 15) is 5.11 Å². The predicted octanol–water partition coefficient (Wildman–Crippen LogP) is 8.47. The van der Waals surface area contributed by atoms with Gasteiger partial charge in [-0.25, -0.2) is 13.2 Å². The average molecular weight is 481 g/mol. The van der Waals surface area contributed by atoms with Crippen LogP contribution in [0, 0.1) is 17.6 Å². The zero-order valence-electron chi connectivity index (χ0n) is 20.2. The second-order valence-corrected chi connectivity index (χ2v) is 8.83. The Hall–Kier alpha value is -3.47. The second kappa shape index (κ2) is 10.9. The number of methoxy groups -OCH3 is 1. The van der Waals surface area contributed by atoms with E-state index in [4.69, 9.17) is 4.74 Å². The summed E-state index contributed by atoms with van der Waals surface area (Å²) in [5, 5.41) is 9.49. The van der Waals surface area contributed by atoms with Gasteiger partial charge < -0.3 is 9.84 Å². The maximum absolute atomic E-state index is 15.7. The average Bonchev–Trinajstić information content (AvgIpc) is 2.84. The zero-order valence-corrected chi connectivity index (χ0v) is 20.2. The molecular weight excluding hydrogens is 449 g/mol. The van der Waals surface area contributed by atoms with Gasteiger partial charge >= 0.3 is 0 Å². The van der Waals surface area contributed by atoms with E-state index in [2.05, 4.69) is 19.7 Å².